The smallest absolute Gasteiger partial charge is 0.206 e. The highest BCUT2D eigenvalue weighted by Gasteiger charge is 2.34. The van der Waals surface area contributed by atoms with Crippen molar-refractivity contribution in [3.05, 3.63) is 69.4 Å². The van der Waals surface area contributed by atoms with Gasteiger partial charge in [-0.3, -0.25) is 0 Å². The van der Waals surface area contributed by atoms with Crippen LogP contribution in [-0.2, 0) is 6.18 Å². The van der Waals surface area contributed by atoms with Crippen LogP contribution in [0.15, 0.2) is 46.9 Å². The standard InChI is InChI=1S/C14H8BrClF4/c15-11-7-8(5-6-12(11)17)13(16)9-3-1-2-4-10(9)14(18,19)20/h1-7,13H. The molecule has 0 aliphatic rings. The molecule has 6 heteroatoms. The van der Waals surface area contributed by atoms with Crippen LogP contribution in [0.1, 0.15) is 22.1 Å². The first kappa shape index (κ1) is 15.3. The van der Waals surface area contributed by atoms with Crippen molar-refractivity contribution in [3.8, 4) is 0 Å². The van der Waals surface area contributed by atoms with Gasteiger partial charge in [0.1, 0.15) is 5.82 Å². The maximum absolute atomic E-state index is 13.2. The van der Waals surface area contributed by atoms with Crippen LogP contribution in [0.3, 0.4) is 0 Å². The molecule has 0 aliphatic heterocycles. The largest absolute Gasteiger partial charge is 0.416 e. The van der Waals surface area contributed by atoms with E-state index < -0.39 is 22.9 Å². The minimum atomic E-state index is -4.49. The molecule has 20 heavy (non-hydrogen) atoms. The highest BCUT2D eigenvalue weighted by Crippen LogP contribution is 2.39. The molecule has 0 heterocycles. The molecule has 0 saturated heterocycles. The molecule has 0 aliphatic carbocycles. The molecule has 106 valence electrons. The summed E-state index contributed by atoms with van der Waals surface area (Å²) in [6, 6.07) is 8.98. The van der Waals surface area contributed by atoms with Gasteiger partial charge in [-0.25, -0.2) is 4.39 Å². The van der Waals surface area contributed by atoms with Gasteiger partial charge in [0.15, 0.2) is 0 Å². The number of halogens is 6. The maximum Gasteiger partial charge on any atom is 0.416 e. The predicted molar refractivity (Wildman–Crippen MR) is 73.2 cm³/mol. The van der Waals surface area contributed by atoms with Gasteiger partial charge >= 0.3 is 6.18 Å². The number of rotatable bonds is 2. The van der Waals surface area contributed by atoms with Gasteiger partial charge in [0.25, 0.3) is 0 Å². The summed E-state index contributed by atoms with van der Waals surface area (Å²) in [5, 5.41) is -1.01. The second-order valence-corrected chi connectivity index (χ2v) is 5.41. The molecule has 0 amide bonds. The second kappa shape index (κ2) is 5.74. The van der Waals surface area contributed by atoms with Crippen LogP contribution in [-0.4, -0.2) is 0 Å². The summed E-state index contributed by atoms with van der Waals surface area (Å²) in [6.45, 7) is 0. The summed E-state index contributed by atoms with van der Waals surface area (Å²) in [6.07, 6.45) is -4.49. The molecule has 1 unspecified atom stereocenters. The molecule has 0 spiro atoms. The summed E-state index contributed by atoms with van der Waals surface area (Å²) in [4.78, 5) is 0. The van der Waals surface area contributed by atoms with Crippen molar-refractivity contribution in [2.45, 2.75) is 11.6 Å². The summed E-state index contributed by atoms with van der Waals surface area (Å²) >= 11 is 9.11. The molecule has 0 fully saturated rings. The van der Waals surface area contributed by atoms with E-state index in [1.165, 1.54) is 30.3 Å². The van der Waals surface area contributed by atoms with Crippen LogP contribution in [0.25, 0.3) is 0 Å². The Morgan fingerprint density at radius 3 is 2.30 bits per heavy atom. The van der Waals surface area contributed by atoms with Crippen molar-refractivity contribution in [2.24, 2.45) is 0 Å². The number of alkyl halides is 4. The number of hydrogen-bond donors (Lipinski definition) is 0. The Morgan fingerprint density at radius 2 is 1.70 bits per heavy atom. The fraction of sp³-hybridized carbons (Fsp3) is 0.143. The SMILES string of the molecule is Fc1ccc(C(Cl)c2ccccc2C(F)(F)F)cc1Br. The summed E-state index contributed by atoms with van der Waals surface area (Å²) in [7, 11) is 0. The number of benzene rings is 2. The first-order chi connectivity index (χ1) is 9.30. The molecule has 0 nitrogen and oxygen atoms in total. The Bertz CT molecular complexity index is 625. The Balaban J connectivity index is 2.48. The highest BCUT2D eigenvalue weighted by atomic mass is 79.9. The zero-order valence-electron chi connectivity index (χ0n) is 9.89. The molecule has 0 aromatic heterocycles. The fourth-order valence-electron chi connectivity index (χ4n) is 1.83. The zero-order valence-corrected chi connectivity index (χ0v) is 12.2. The van der Waals surface area contributed by atoms with E-state index >= 15 is 0 Å². The monoisotopic (exact) mass is 366 g/mol. The normalized spacial score (nSPS) is 13.3. The molecule has 0 saturated carbocycles. The molecule has 0 bridgehead atoms. The molecule has 2 aromatic rings. The lowest BCUT2D eigenvalue weighted by molar-refractivity contribution is -0.138. The maximum atomic E-state index is 13.2. The van der Waals surface area contributed by atoms with Crippen molar-refractivity contribution in [1.29, 1.82) is 0 Å². The van der Waals surface area contributed by atoms with E-state index in [4.69, 9.17) is 11.6 Å². The molecule has 0 N–H and O–H groups in total. The van der Waals surface area contributed by atoms with Crippen LogP contribution in [0.2, 0.25) is 0 Å². The van der Waals surface area contributed by atoms with Gasteiger partial charge in [-0.1, -0.05) is 24.3 Å². The van der Waals surface area contributed by atoms with Crippen molar-refractivity contribution in [3.63, 3.8) is 0 Å². The summed E-state index contributed by atoms with van der Waals surface area (Å²) < 4.78 is 52.1. The number of hydrogen-bond acceptors (Lipinski definition) is 0. The molecule has 0 radical (unpaired) electrons. The van der Waals surface area contributed by atoms with Crippen LogP contribution in [0, 0.1) is 5.82 Å². The third kappa shape index (κ3) is 3.15. The molecule has 1 atom stereocenters. The Hall–Kier alpha value is -1.07. The predicted octanol–water partition coefficient (Wildman–Crippen LogP) is 5.94. The van der Waals surface area contributed by atoms with Gasteiger partial charge < -0.3 is 0 Å². The van der Waals surface area contributed by atoms with Crippen LogP contribution < -0.4 is 0 Å². The van der Waals surface area contributed by atoms with Crippen LogP contribution in [0.4, 0.5) is 17.6 Å². The van der Waals surface area contributed by atoms with E-state index in [1.54, 1.807) is 0 Å². The van der Waals surface area contributed by atoms with Crippen molar-refractivity contribution < 1.29 is 17.6 Å². The molecular weight excluding hydrogens is 360 g/mol. The first-order valence-corrected chi connectivity index (χ1v) is 6.79. The summed E-state index contributed by atoms with van der Waals surface area (Å²) in [5.74, 6) is -0.498. The van der Waals surface area contributed by atoms with E-state index in [0.29, 0.717) is 5.56 Å². The van der Waals surface area contributed by atoms with Crippen molar-refractivity contribution >= 4 is 27.5 Å². The van der Waals surface area contributed by atoms with Crippen molar-refractivity contribution in [2.75, 3.05) is 0 Å². The topological polar surface area (TPSA) is 0 Å². The first-order valence-electron chi connectivity index (χ1n) is 5.56. The second-order valence-electron chi connectivity index (χ2n) is 4.12. The van der Waals surface area contributed by atoms with E-state index in [1.807, 2.05) is 0 Å². The average molecular weight is 368 g/mol. The Kier molecular flexibility index (Phi) is 4.39. The lowest BCUT2D eigenvalue weighted by Gasteiger charge is -2.17. The minimum absolute atomic E-state index is 0.0554. The quantitative estimate of drug-likeness (QED) is 0.455. The Labute approximate surface area is 126 Å². The van der Waals surface area contributed by atoms with Gasteiger partial charge in [-0.05, 0) is 45.3 Å². The molecule has 2 rings (SSSR count). The van der Waals surface area contributed by atoms with Crippen LogP contribution >= 0.6 is 27.5 Å². The summed E-state index contributed by atoms with van der Waals surface area (Å²) in [5.41, 5.74) is -0.461. The van der Waals surface area contributed by atoms with Gasteiger partial charge in [-0.15, -0.1) is 11.6 Å². The Morgan fingerprint density at radius 1 is 1.05 bits per heavy atom. The van der Waals surface area contributed by atoms with Gasteiger partial charge in [0.2, 0.25) is 0 Å². The molecule has 2 aromatic carbocycles. The third-order valence-corrected chi connectivity index (χ3v) is 3.87. The lowest BCUT2D eigenvalue weighted by atomic mass is 9.99. The third-order valence-electron chi connectivity index (χ3n) is 2.78. The minimum Gasteiger partial charge on any atom is -0.206 e. The van der Waals surface area contributed by atoms with Gasteiger partial charge in [-0.2, -0.15) is 13.2 Å². The highest BCUT2D eigenvalue weighted by molar-refractivity contribution is 9.10. The van der Waals surface area contributed by atoms with E-state index in [-0.39, 0.29) is 10.0 Å². The van der Waals surface area contributed by atoms with E-state index in [9.17, 15) is 17.6 Å². The average Bonchev–Trinajstić information content (AvgIpc) is 2.40. The fourth-order valence-corrected chi connectivity index (χ4v) is 2.55. The van der Waals surface area contributed by atoms with Crippen LogP contribution in [0.5, 0.6) is 0 Å². The van der Waals surface area contributed by atoms with Gasteiger partial charge in [0.05, 0.1) is 15.4 Å². The lowest BCUT2D eigenvalue weighted by Crippen LogP contribution is -2.10. The zero-order chi connectivity index (χ0) is 14.9. The van der Waals surface area contributed by atoms with Crippen molar-refractivity contribution in [1.82, 2.24) is 0 Å². The van der Waals surface area contributed by atoms with E-state index in [2.05, 4.69) is 15.9 Å². The van der Waals surface area contributed by atoms with Gasteiger partial charge in [0, 0.05) is 0 Å². The van der Waals surface area contributed by atoms with E-state index in [0.717, 1.165) is 12.1 Å². The molecular formula is C14H8BrClF4.